The van der Waals surface area contributed by atoms with Crippen LogP contribution in [0, 0.1) is 0 Å². The smallest absolute Gasteiger partial charge is 0.307 e. The van der Waals surface area contributed by atoms with Crippen LogP contribution in [0.1, 0.15) is 43.6 Å². The average Bonchev–Trinajstić information content (AvgIpc) is 2.51. The van der Waals surface area contributed by atoms with Crippen molar-refractivity contribution in [2.45, 2.75) is 33.1 Å². The maximum Gasteiger partial charge on any atom is 0.307 e. The molecule has 1 aromatic heterocycles. The van der Waals surface area contributed by atoms with E-state index in [1.807, 2.05) is 6.92 Å². The lowest BCUT2D eigenvalue weighted by molar-refractivity contribution is -0.142. The number of carbonyl (C=O) groups is 2. The average molecular weight is 325 g/mol. The van der Waals surface area contributed by atoms with Crippen molar-refractivity contribution in [2.24, 2.45) is 0 Å². The quantitative estimate of drug-likeness (QED) is 0.387. The highest BCUT2D eigenvalue weighted by atomic mass is 16.5. The molecular weight excluding hydrogens is 302 g/mol. The van der Waals surface area contributed by atoms with Gasteiger partial charge in [-0.3, -0.25) is 19.1 Å². The predicted octanol–water partition coefficient (Wildman–Crippen LogP) is 0.424. The number of unbranched alkanes of at least 4 members (excludes halogenated alkanes) is 1. The monoisotopic (exact) mass is 325 g/mol. The highest BCUT2D eigenvalue weighted by molar-refractivity contribution is 5.95. The number of nitrogens with one attached hydrogen (secondary N) is 1. The molecule has 0 unspecified atom stereocenters. The summed E-state index contributed by atoms with van der Waals surface area (Å²) in [5, 5.41) is 2.53. The molecule has 8 heteroatoms. The van der Waals surface area contributed by atoms with E-state index in [0.29, 0.717) is 6.61 Å². The summed E-state index contributed by atoms with van der Waals surface area (Å²) in [5.41, 5.74) is -0.490. The molecule has 0 radical (unpaired) electrons. The SMILES string of the molecule is CCCCOc1c(C(=O)NCCC(=O)OCC)n(N)ccc1=O. The minimum absolute atomic E-state index is 0.0350. The first-order valence-electron chi connectivity index (χ1n) is 7.58. The van der Waals surface area contributed by atoms with Gasteiger partial charge < -0.3 is 20.6 Å². The van der Waals surface area contributed by atoms with Gasteiger partial charge in [-0.25, -0.2) is 0 Å². The van der Waals surface area contributed by atoms with Gasteiger partial charge in [-0.15, -0.1) is 0 Å². The molecule has 0 aliphatic carbocycles. The minimum atomic E-state index is -0.582. The standard InChI is InChI=1S/C15H23N3O5/c1-3-5-10-23-14-11(19)7-9-18(16)13(14)15(21)17-8-6-12(20)22-4-2/h7,9H,3-6,8,10,16H2,1-2H3,(H,17,21). The number of rotatable bonds is 9. The Morgan fingerprint density at radius 1 is 1.35 bits per heavy atom. The highest BCUT2D eigenvalue weighted by Gasteiger charge is 2.19. The van der Waals surface area contributed by atoms with E-state index in [-0.39, 0.29) is 31.0 Å². The van der Waals surface area contributed by atoms with Crippen LogP contribution in [0.2, 0.25) is 0 Å². The Morgan fingerprint density at radius 3 is 2.74 bits per heavy atom. The number of hydrogen-bond donors (Lipinski definition) is 2. The number of ether oxygens (including phenoxy) is 2. The van der Waals surface area contributed by atoms with E-state index in [2.05, 4.69) is 5.32 Å². The number of esters is 1. The second-order valence-corrected chi connectivity index (χ2v) is 4.78. The third kappa shape index (κ3) is 5.65. The number of amides is 1. The van der Waals surface area contributed by atoms with Gasteiger partial charge in [-0.05, 0) is 13.3 Å². The van der Waals surface area contributed by atoms with E-state index in [0.717, 1.165) is 17.5 Å². The first-order chi connectivity index (χ1) is 11.0. The molecule has 0 fully saturated rings. The summed E-state index contributed by atoms with van der Waals surface area (Å²) < 4.78 is 11.2. The first-order valence-corrected chi connectivity index (χ1v) is 7.58. The van der Waals surface area contributed by atoms with E-state index in [4.69, 9.17) is 15.3 Å². The van der Waals surface area contributed by atoms with Crippen LogP contribution in [0.25, 0.3) is 0 Å². The summed E-state index contributed by atoms with van der Waals surface area (Å²) in [5.74, 6) is 4.64. The van der Waals surface area contributed by atoms with E-state index in [1.165, 1.54) is 12.3 Å². The van der Waals surface area contributed by atoms with Crippen molar-refractivity contribution in [2.75, 3.05) is 25.6 Å². The van der Waals surface area contributed by atoms with Crippen molar-refractivity contribution in [3.63, 3.8) is 0 Å². The zero-order valence-corrected chi connectivity index (χ0v) is 13.5. The van der Waals surface area contributed by atoms with Gasteiger partial charge in [0.25, 0.3) is 5.91 Å². The number of aromatic nitrogens is 1. The molecule has 0 aromatic carbocycles. The molecule has 3 N–H and O–H groups in total. The molecule has 1 aromatic rings. The lowest BCUT2D eigenvalue weighted by Crippen LogP contribution is -2.33. The molecule has 1 amide bonds. The number of nitrogens with two attached hydrogens (primary N) is 1. The molecule has 0 bridgehead atoms. The molecule has 0 saturated heterocycles. The van der Waals surface area contributed by atoms with Crippen molar-refractivity contribution in [1.82, 2.24) is 9.99 Å². The van der Waals surface area contributed by atoms with Crippen LogP contribution in [-0.4, -0.2) is 36.3 Å². The van der Waals surface area contributed by atoms with Crippen molar-refractivity contribution in [1.29, 1.82) is 0 Å². The molecule has 8 nitrogen and oxygen atoms in total. The Kier molecular flexibility index (Phi) is 7.65. The second-order valence-electron chi connectivity index (χ2n) is 4.78. The predicted molar refractivity (Wildman–Crippen MR) is 84.8 cm³/mol. The van der Waals surface area contributed by atoms with Crippen LogP contribution in [0.4, 0.5) is 0 Å². The number of nitrogen functional groups attached to an aromatic ring is 1. The van der Waals surface area contributed by atoms with Crippen molar-refractivity contribution in [3.8, 4) is 5.75 Å². The third-order valence-electron chi connectivity index (χ3n) is 2.96. The van der Waals surface area contributed by atoms with E-state index in [9.17, 15) is 14.4 Å². The van der Waals surface area contributed by atoms with Crippen molar-refractivity contribution >= 4 is 11.9 Å². The fourth-order valence-corrected chi connectivity index (χ4v) is 1.81. The zero-order valence-electron chi connectivity index (χ0n) is 13.5. The first kappa shape index (κ1) is 18.5. The number of pyridine rings is 1. The van der Waals surface area contributed by atoms with Gasteiger partial charge in [-0.1, -0.05) is 13.3 Å². The fraction of sp³-hybridized carbons (Fsp3) is 0.533. The van der Waals surface area contributed by atoms with Gasteiger partial charge in [0, 0.05) is 18.8 Å². The Hall–Kier alpha value is -2.51. The molecule has 0 saturated carbocycles. The topological polar surface area (TPSA) is 113 Å². The van der Waals surface area contributed by atoms with E-state index in [1.54, 1.807) is 6.92 Å². The summed E-state index contributed by atoms with van der Waals surface area (Å²) in [7, 11) is 0. The molecule has 23 heavy (non-hydrogen) atoms. The minimum Gasteiger partial charge on any atom is -0.487 e. The lowest BCUT2D eigenvalue weighted by Gasteiger charge is -2.14. The maximum absolute atomic E-state index is 12.2. The Labute approximate surface area is 134 Å². The largest absolute Gasteiger partial charge is 0.487 e. The Morgan fingerprint density at radius 2 is 2.09 bits per heavy atom. The summed E-state index contributed by atoms with van der Waals surface area (Å²) in [6.07, 6.45) is 2.97. The third-order valence-corrected chi connectivity index (χ3v) is 2.96. The number of nitrogens with zero attached hydrogens (tertiary/aromatic N) is 1. The molecule has 128 valence electrons. The lowest BCUT2D eigenvalue weighted by atomic mass is 10.2. The van der Waals surface area contributed by atoms with Gasteiger partial charge >= 0.3 is 5.97 Å². The van der Waals surface area contributed by atoms with Crippen LogP contribution in [0.3, 0.4) is 0 Å². The van der Waals surface area contributed by atoms with Gasteiger partial charge in [0.15, 0.2) is 11.4 Å². The summed E-state index contributed by atoms with van der Waals surface area (Å²) in [6, 6.07) is 1.23. The van der Waals surface area contributed by atoms with Crippen LogP contribution < -0.4 is 21.3 Å². The van der Waals surface area contributed by atoms with Gasteiger partial charge in [0.2, 0.25) is 5.43 Å². The summed E-state index contributed by atoms with van der Waals surface area (Å²) in [4.78, 5) is 35.4. The van der Waals surface area contributed by atoms with Crippen molar-refractivity contribution < 1.29 is 19.1 Å². The molecule has 0 aliphatic rings. The van der Waals surface area contributed by atoms with Gasteiger partial charge in [-0.2, -0.15) is 0 Å². The molecule has 1 heterocycles. The Balaban J connectivity index is 2.80. The van der Waals surface area contributed by atoms with Crippen LogP contribution in [-0.2, 0) is 9.53 Å². The summed E-state index contributed by atoms with van der Waals surface area (Å²) >= 11 is 0. The molecular formula is C15H23N3O5. The van der Waals surface area contributed by atoms with E-state index >= 15 is 0 Å². The van der Waals surface area contributed by atoms with Crippen molar-refractivity contribution in [3.05, 3.63) is 28.2 Å². The van der Waals surface area contributed by atoms with E-state index < -0.39 is 17.3 Å². The molecule has 0 aliphatic heterocycles. The fourth-order valence-electron chi connectivity index (χ4n) is 1.81. The van der Waals surface area contributed by atoms with Crippen LogP contribution in [0.15, 0.2) is 17.1 Å². The summed E-state index contributed by atoms with van der Waals surface area (Å²) in [6.45, 7) is 4.36. The van der Waals surface area contributed by atoms with Gasteiger partial charge in [0.1, 0.15) is 0 Å². The zero-order chi connectivity index (χ0) is 17.2. The van der Waals surface area contributed by atoms with Gasteiger partial charge in [0.05, 0.1) is 19.6 Å². The molecule has 1 rings (SSSR count). The molecule has 0 spiro atoms. The maximum atomic E-state index is 12.2. The Bertz CT molecular complexity index is 597. The van der Waals surface area contributed by atoms with Crippen LogP contribution in [0.5, 0.6) is 5.75 Å². The number of hydrogen-bond acceptors (Lipinski definition) is 6. The van der Waals surface area contributed by atoms with Crippen LogP contribution >= 0.6 is 0 Å². The molecule has 0 atom stereocenters. The normalized spacial score (nSPS) is 10.2. The second kappa shape index (κ2) is 9.50. The number of carbonyl (C=O) groups excluding carboxylic acids is 2. The highest BCUT2D eigenvalue weighted by Crippen LogP contribution is 2.12.